The molecule has 0 spiro atoms. The molecular formula is C29H31N5O3S. The van der Waals surface area contributed by atoms with Crippen LogP contribution in [0.25, 0.3) is 21.5 Å². The smallest absolute Gasteiger partial charge is 0.250 e. The number of aliphatic hydroxyl groups excluding tert-OH is 1. The van der Waals surface area contributed by atoms with Crippen LogP contribution in [-0.2, 0) is 9.59 Å². The molecule has 5 rings (SSSR count). The Balaban J connectivity index is 1.44. The van der Waals surface area contributed by atoms with Crippen LogP contribution in [0.4, 0.5) is 0 Å². The maximum Gasteiger partial charge on any atom is 0.250 e. The van der Waals surface area contributed by atoms with Gasteiger partial charge in [-0.2, -0.15) is 0 Å². The van der Waals surface area contributed by atoms with Crippen LogP contribution >= 0.6 is 11.3 Å². The Bertz CT molecular complexity index is 1400. The number of pyridine rings is 1. The maximum absolute atomic E-state index is 14.0. The lowest BCUT2D eigenvalue weighted by Gasteiger charge is -2.29. The minimum atomic E-state index is -0.824. The van der Waals surface area contributed by atoms with Gasteiger partial charge in [-0.1, -0.05) is 72.0 Å². The predicted molar refractivity (Wildman–Crippen MR) is 148 cm³/mol. The second kappa shape index (κ2) is 11.8. The van der Waals surface area contributed by atoms with E-state index in [0.717, 1.165) is 44.9 Å². The van der Waals surface area contributed by atoms with Crippen molar-refractivity contribution in [3.05, 3.63) is 83.5 Å². The molecule has 3 atom stereocenters. The minimum Gasteiger partial charge on any atom is -0.395 e. The molecule has 3 heterocycles. The molecule has 2 amide bonds. The zero-order chi connectivity index (χ0) is 26.5. The van der Waals surface area contributed by atoms with Crippen LogP contribution < -0.4 is 10.6 Å². The van der Waals surface area contributed by atoms with Gasteiger partial charge in [0.1, 0.15) is 21.4 Å². The molecule has 3 N–H and O–H groups in total. The van der Waals surface area contributed by atoms with Crippen molar-refractivity contribution in [3.8, 4) is 11.1 Å². The first kappa shape index (κ1) is 26.0. The first-order valence-electron chi connectivity index (χ1n) is 12.9. The second-order valence-corrected chi connectivity index (χ2v) is 10.4. The summed E-state index contributed by atoms with van der Waals surface area (Å²) in [5, 5.41) is 15.9. The summed E-state index contributed by atoms with van der Waals surface area (Å²) >= 11 is 1.52. The van der Waals surface area contributed by atoms with Crippen LogP contribution in [0.15, 0.2) is 72.9 Å². The molecule has 38 heavy (non-hydrogen) atoms. The van der Waals surface area contributed by atoms with Crippen molar-refractivity contribution in [2.24, 2.45) is 0 Å². The topological polar surface area (TPSA) is 107 Å². The number of fused-ring (bicyclic) bond motifs is 1. The number of thiazole rings is 1. The fraction of sp³-hybridized carbons (Fsp3) is 0.310. The number of likely N-dealkylation sites (tertiary alicyclic amines) is 1. The van der Waals surface area contributed by atoms with Gasteiger partial charge in [0.25, 0.3) is 0 Å². The Morgan fingerprint density at radius 2 is 1.84 bits per heavy atom. The monoisotopic (exact) mass is 529 g/mol. The number of hydrogen-bond acceptors (Lipinski definition) is 7. The third-order valence-corrected chi connectivity index (χ3v) is 7.91. The molecule has 2 aromatic heterocycles. The fourth-order valence-electron chi connectivity index (χ4n) is 4.87. The molecule has 2 aromatic carbocycles. The van der Waals surface area contributed by atoms with Gasteiger partial charge in [-0.05, 0) is 37.0 Å². The number of nitrogens with one attached hydrogen (secondary N) is 2. The van der Waals surface area contributed by atoms with Gasteiger partial charge in [0.15, 0.2) is 0 Å². The highest BCUT2D eigenvalue weighted by Crippen LogP contribution is 2.39. The lowest BCUT2D eigenvalue weighted by molar-refractivity contribution is -0.137. The van der Waals surface area contributed by atoms with E-state index in [-0.39, 0.29) is 24.5 Å². The summed E-state index contributed by atoms with van der Waals surface area (Å²) in [6.45, 7) is 2.53. The molecule has 0 unspecified atom stereocenters. The Labute approximate surface area is 225 Å². The lowest BCUT2D eigenvalue weighted by Crippen LogP contribution is -2.48. The summed E-state index contributed by atoms with van der Waals surface area (Å²) in [7, 11) is 0. The number of benzene rings is 2. The first-order chi connectivity index (χ1) is 18.6. The Morgan fingerprint density at radius 1 is 1.11 bits per heavy atom. The van der Waals surface area contributed by atoms with E-state index in [1.807, 2.05) is 59.5 Å². The standard InChI is InChI=1S/C29H31N5O3S/c1-19(30-16-18-35)26(36)32-24(21-11-6-3-7-12-21)29(37)34-17-8-13-23(34)27-33-25-22(14-15-31-28(25)38-27)20-9-4-2-5-10-20/h2-7,9-12,14-15,19,23-24,30,35H,8,13,16-18H2,1H3,(H,32,36)/t19-,23-,24-/m0/s1. The van der Waals surface area contributed by atoms with Gasteiger partial charge < -0.3 is 20.6 Å². The third-order valence-electron chi connectivity index (χ3n) is 6.84. The number of rotatable bonds is 9. The van der Waals surface area contributed by atoms with Crippen molar-refractivity contribution in [1.82, 2.24) is 25.5 Å². The largest absolute Gasteiger partial charge is 0.395 e. The molecule has 1 saturated heterocycles. The van der Waals surface area contributed by atoms with Crippen LogP contribution in [0.5, 0.6) is 0 Å². The maximum atomic E-state index is 14.0. The quantitative estimate of drug-likeness (QED) is 0.304. The van der Waals surface area contributed by atoms with E-state index >= 15 is 0 Å². The van der Waals surface area contributed by atoms with Crippen molar-refractivity contribution in [1.29, 1.82) is 0 Å². The molecule has 9 heteroatoms. The zero-order valence-electron chi connectivity index (χ0n) is 21.2. The molecule has 4 aromatic rings. The number of aliphatic hydroxyl groups is 1. The average molecular weight is 530 g/mol. The van der Waals surface area contributed by atoms with Crippen LogP contribution in [0.3, 0.4) is 0 Å². The average Bonchev–Trinajstić information content (AvgIpc) is 3.62. The zero-order valence-corrected chi connectivity index (χ0v) is 22.0. The highest BCUT2D eigenvalue weighted by Gasteiger charge is 2.37. The number of carbonyl (C=O) groups excluding carboxylic acids is 2. The highest BCUT2D eigenvalue weighted by atomic mass is 32.1. The number of nitrogens with zero attached hydrogens (tertiary/aromatic N) is 3. The van der Waals surface area contributed by atoms with E-state index < -0.39 is 12.1 Å². The van der Waals surface area contributed by atoms with Gasteiger partial charge in [0.2, 0.25) is 11.8 Å². The summed E-state index contributed by atoms with van der Waals surface area (Å²) in [4.78, 5) is 39.2. The fourth-order valence-corrected chi connectivity index (χ4v) is 5.95. The van der Waals surface area contributed by atoms with Crippen molar-refractivity contribution < 1.29 is 14.7 Å². The molecule has 1 aliphatic rings. The Morgan fingerprint density at radius 3 is 2.58 bits per heavy atom. The first-order valence-corrected chi connectivity index (χ1v) is 13.7. The molecule has 196 valence electrons. The SMILES string of the molecule is C[C@H](NCCO)C(=O)N[C@H](C(=O)N1CCC[C@H]1c1nc2c(-c3ccccc3)ccnc2s1)c1ccccc1. The van der Waals surface area contributed by atoms with Crippen LogP contribution in [0.1, 0.15) is 42.4 Å². The van der Waals surface area contributed by atoms with E-state index in [0.29, 0.717) is 13.1 Å². The Hall–Kier alpha value is -3.66. The van der Waals surface area contributed by atoms with Crippen LogP contribution in [0.2, 0.25) is 0 Å². The number of amides is 2. The van der Waals surface area contributed by atoms with Gasteiger partial charge in [-0.25, -0.2) is 9.97 Å². The predicted octanol–water partition coefficient (Wildman–Crippen LogP) is 3.85. The van der Waals surface area contributed by atoms with Crippen LogP contribution in [0, 0.1) is 0 Å². The number of hydrogen-bond donors (Lipinski definition) is 3. The van der Waals surface area contributed by atoms with Gasteiger partial charge in [0.05, 0.1) is 18.7 Å². The summed E-state index contributed by atoms with van der Waals surface area (Å²) in [6.07, 6.45) is 3.46. The van der Waals surface area contributed by atoms with Crippen molar-refractivity contribution in [2.75, 3.05) is 19.7 Å². The van der Waals surface area contributed by atoms with Crippen molar-refractivity contribution >= 4 is 33.5 Å². The highest BCUT2D eigenvalue weighted by molar-refractivity contribution is 7.18. The number of aromatic nitrogens is 2. The van der Waals surface area contributed by atoms with Crippen molar-refractivity contribution in [3.63, 3.8) is 0 Å². The van der Waals surface area contributed by atoms with E-state index in [9.17, 15) is 9.59 Å². The molecule has 0 bridgehead atoms. The van der Waals surface area contributed by atoms with E-state index in [2.05, 4.69) is 27.8 Å². The second-order valence-electron chi connectivity index (χ2n) is 9.37. The summed E-state index contributed by atoms with van der Waals surface area (Å²) in [6, 6.07) is 19.8. The molecule has 0 radical (unpaired) electrons. The van der Waals surface area contributed by atoms with Gasteiger partial charge >= 0.3 is 0 Å². The molecular weight excluding hydrogens is 498 g/mol. The number of carbonyl (C=O) groups is 2. The van der Waals surface area contributed by atoms with Crippen LogP contribution in [-0.4, -0.2) is 57.5 Å². The third kappa shape index (κ3) is 5.45. The van der Waals surface area contributed by atoms with E-state index in [1.165, 1.54) is 11.3 Å². The molecule has 8 nitrogen and oxygen atoms in total. The molecule has 1 fully saturated rings. The molecule has 1 aliphatic heterocycles. The lowest BCUT2D eigenvalue weighted by atomic mass is 10.0. The molecule has 0 aliphatic carbocycles. The summed E-state index contributed by atoms with van der Waals surface area (Å²) < 4.78 is 0. The Kier molecular flexibility index (Phi) is 8.07. The van der Waals surface area contributed by atoms with Gasteiger partial charge in [-0.3, -0.25) is 9.59 Å². The van der Waals surface area contributed by atoms with E-state index in [4.69, 9.17) is 10.1 Å². The van der Waals surface area contributed by atoms with E-state index in [1.54, 1.807) is 13.1 Å². The normalized spacial score (nSPS) is 16.9. The minimum absolute atomic E-state index is 0.0723. The summed E-state index contributed by atoms with van der Waals surface area (Å²) in [5.74, 6) is -0.454. The van der Waals surface area contributed by atoms with Gasteiger partial charge in [0, 0.05) is 24.8 Å². The van der Waals surface area contributed by atoms with Gasteiger partial charge in [-0.15, -0.1) is 0 Å². The van der Waals surface area contributed by atoms with Crippen molar-refractivity contribution in [2.45, 2.75) is 37.9 Å². The molecule has 0 saturated carbocycles. The summed E-state index contributed by atoms with van der Waals surface area (Å²) in [5.41, 5.74) is 3.66.